The predicted octanol–water partition coefficient (Wildman–Crippen LogP) is 3.92. The molecule has 1 saturated heterocycles. The van der Waals surface area contributed by atoms with Crippen LogP contribution in [0.5, 0.6) is 11.5 Å². The molecule has 0 radical (unpaired) electrons. The molecule has 0 bridgehead atoms. The Morgan fingerprint density at radius 2 is 1.84 bits per heavy atom. The Balaban J connectivity index is 1.22. The molecule has 0 unspecified atom stereocenters. The van der Waals surface area contributed by atoms with Crippen LogP contribution in [0.25, 0.3) is 11.3 Å². The van der Waals surface area contributed by atoms with Crippen LogP contribution in [0.2, 0.25) is 5.02 Å². The molecule has 0 atom stereocenters. The Morgan fingerprint density at radius 1 is 1.03 bits per heavy atom. The molecule has 170 valence electrons. The maximum Gasteiger partial charge on any atom is 0.170 e. The lowest BCUT2D eigenvalue weighted by Gasteiger charge is -2.36. The Kier molecular flexibility index (Phi) is 7.52. The Labute approximate surface area is 193 Å². The van der Waals surface area contributed by atoms with Gasteiger partial charge in [0.05, 0.1) is 20.8 Å². The van der Waals surface area contributed by atoms with Crippen molar-refractivity contribution in [2.75, 3.05) is 58.4 Å². The number of piperazine rings is 1. The highest BCUT2D eigenvalue weighted by atomic mass is 35.5. The van der Waals surface area contributed by atoms with Crippen molar-refractivity contribution in [1.82, 2.24) is 15.4 Å². The van der Waals surface area contributed by atoms with Gasteiger partial charge in [-0.1, -0.05) is 28.9 Å². The summed E-state index contributed by atoms with van der Waals surface area (Å²) in [6.45, 7) is 6.60. The molecule has 1 N–H and O–H groups in total. The number of halogens is 1. The summed E-state index contributed by atoms with van der Waals surface area (Å²) in [4.78, 5) is 4.86. The number of anilines is 1. The van der Waals surface area contributed by atoms with E-state index < -0.39 is 0 Å². The van der Waals surface area contributed by atoms with E-state index in [1.807, 2.05) is 42.5 Å². The summed E-state index contributed by atoms with van der Waals surface area (Å²) in [7, 11) is 3.25. The Hall–Kier alpha value is -2.74. The van der Waals surface area contributed by atoms with E-state index in [-0.39, 0.29) is 0 Å². The average molecular weight is 457 g/mol. The zero-order valence-electron chi connectivity index (χ0n) is 18.5. The number of benzene rings is 2. The Morgan fingerprint density at radius 3 is 2.59 bits per heavy atom. The summed E-state index contributed by atoms with van der Waals surface area (Å²) in [6.07, 6.45) is 0. The largest absolute Gasteiger partial charge is 0.493 e. The minimum atomic E-state index is 0.627. The first-order valence-electron chi connectivity index (χ1n) is 10.8. The lowest BCUT2D eigenvalue weighted by atomic mass is 10.1. The molecule has 1 aromatic heterocycles. The van der Waals surface area contributed by atoms with Gasteiger partial charge >= 0.3 is 0 Å². The first kappa shape index (κ1) is 22.5. The average Bonchev–Trinajstić information content (AvgIpc) is 3.30. The van der Waals surface area contributed by atoms with Crippen LogP contribution in [0.15, 0.2) is 53.1 Å². The number of methoxy groups -OCH3 is 2. The number of ether oxygens (including phenoxy) is 2. The molecule has 0 saturated carbocycles. The van der Waals surface area contributed by atoms with Crippen LogP contribution in [0, 0.1) is 0 Å². The van der Waals surface area contributed by atoms with Crippen LogP contribution < -0.4 is 19.7 Å². The molecule has 1 aliphatic heterocycles. The number of para-hydroxylation sites is 1. The quantitative estimate of drug-likeness (QED) is 0.489. The third-order valence-corrected chi connectivity index (χ3v) is 5.92. The van der Waals surface area contributed by atoms with E-state index in [1.165, 1.54) is 5.69 Å². The van der Waals surface area contributed by atoms with E-state index in [0.29, 0.717) is 18.0 Å². The number of nitrogens with zero attached hydrogens (tertiary/aromatic N) is 3. The van der Waals surface area contributed by atoms with Gasteiger partial charge in [0.15, 0.2) is 17.3 Å². The third kappa shape index (κ3) is 5.35. The molecule has 0 aliphatic carbocycles. The van der Waals surface area contributed by atoms with E-state index in [2.05, 4.69) is 26.3 Å². The summed E-state index contributed by atoms with van der Waals surface area (Å²) in [5.74, 6) is 2.11. The number of aromatic nitrogens is 1. The van der Waals surface area contributed by atoms with Crippen molar-refractivity contribution in [3.63, 3.8) is 0 Å². The summed E-state index contributed by atoms with van der Waals surface area (Å²) in [6, 6.07) is 15.7. The minimum Gasteiger partial charge on any atom is -0.493 e. The number of hydrogen-bond donors (Lipinski definition) is 1. The van der Waals surface area contributed by atoms with Gasteiger partial charge in [-0.05, 0) is 30.3 Å². The summed E-state index contributed by atoms with van der Waals surface area (Å²) in [5.41, 5.74) is 2.78. The monoisotopic (exact) mass is 456 g/mol. The highest BCUT2D eigenvalue weighted by Gasteiger charge is 2.18. The molecule has 4 rings (SSSR count). The molecular weight excluding hydrogens is 428 g/mol. The second-order valence-electron chi connectivity index (χ2n) is 7.70. The summed E-state index contributed by atoms with van der Waals surface area (Å²) in [5, 5.41) is 8.45. The molecule has 3 aromatic rings. The van der Waals surface area contributed by atoms with Gasteiger partial charge in [0, 0.05) is 61.6 Å². The zero-order valence-corrected chi connectivity index (χ0v) is 19.3. The first-order valence-corrected chi connectivity index (χ1v) is 11.2. The highest BCUT2D eigenvalue weighted by Crippen LogP contribution is 2.37. The van der Waals surface area contributed by atoms with Crippen LogP contribution in [-0.2, 0) is 6.54 Å². The van der Waals surface area contributed by atoms with Gasteiger partial charge in [0.2, 0.25) is 0 Å². The van der Waals surface area contributed by atoms with Crippen LogP contribution in [-0.4, -0.2) is 63.5 Å². The van der Waals surface area contributed by atoms with Gasteiger partial charge < -0.3 is 24.2 Å². The van der Waals surface area contributed by atoms with Crippen molar-refractivity contribution >= 4 is 17.3 Å². The second-order valence-corrected chi connectivity index (χ2v) is 8.14. The second kappa shape index (κ2) is 10.7. The first-order chi connectivity index (χ1) is 15.7. The number of hydrogen-bond acceptors (Lipinski definition) is 7. The smallest absolute Gasteiger partial charge is 0.170 e. The predicted molar refractivity (Wildman–Crippen MR) is 127 cm³/mol. The maximum absolute atomic E-state index is 6.12. The van der Waals surface area contributed by atoms with Crippen LogP contribution in [0.4, 0.5) is 5.69 Å². The zero-order chi connectivity index (χ0) is 22.3. The fourth-order valence-electron chi connectivity index (χ4n) is 3.96. The van der Waals surface area contributed by atoms with Crippen molar-refractivity contribution in [3.8, 4) is 22.8 Å². The lowest BCUT2D eigenvalue weighted by molar-refractivity contribution is 0.255. The van der Waals surface area contributed by atoms with E-state index in [0.717, 1.165) is 61.3 Å². The highest BCUT2D eigenvalue weighted by molar-refractivity contribution is 6.30. The fraction of sp³-hybridized carbons (Fsp3) is 0.375. The number of nitrogens with one attached hydrogen (secondary N) is 1. The molecule has 32 heavy (non-hydrogen) atoms. The van der Waals surface area contributed by atoms with E-state index in [1.54, 1.807) is 14.2 Å². The molecule has 0 amide bonds. The maximum atomic E-state index is 6.12. The van der Waals surface area contributed by atoms with Gasteiger partial charge in [0.1, 0.15) is 5.69 Å². The molecular formula is C24H29ClN4O3. The van der Waals surface area contributed by atoms with Gasteiger partial charge in [0.25, 0.3) is 0 Å². The number of rotatable bonds is 9. The van der Waals surface area contributed by atoms with Crippen LogP contribution in [0.1, 0.15) is 5.76 Å². The van der Waals surface area contributed by atoms with Crippen LogP contribution >= 0.6 is 11.6 Å². The van der Waals surface area contributed by atoms with Crippen molar-refractivity contribution in [2.45, 2.75) is 6.54 Å². The van der Waals surface area contributed by atoms with Crippen molar-refractivity contribution in [1.29, 1.82) is 0 Å². The van der Waals surface area contributed by atoms with Crippen LogP contribution in [0.3, 0.4) is 0 Å². The van der Waals surface area contributed by atoms with Gasteiger partial charge in [-0.15, -0.1) is 0 Å². The van der Waals surface area contributed by atoms with Crippen molar-refractivity contribution in [3.05, 3.63) is 59.3 Å². The lowest BCUT2D eigenvalue weighted by Crippen LogP contribution is -2.48. The van der Waals surface area contributed by atoms with Gasteiger partial charge in [-0.3, -0.25) is 4.90 Å². The van der Waals surface area contributed by atoms with E-state index in [9.17, 15) is 0 Å². The molecule has 2 heterocycles. The molecule has 8 heteroatoms. The van der Waals surface area contributed by atoms with E-state index in [4.69, 9.17) is 25.6 Å². The molecule has 1 fully saturated rings. The summed E-state index contributed by atoms with van der Waals surface area (Å²) < 4.78 is 16.4. The topological polar surface area (TPSA) is 63.0 Å². The van der Waals surface area contributed by atoms with E-state index >= 15 is 0 Å². The summed E-state index contributed by atoms with van der Waals surface area (Å²) >= 11 is 6.12. The van der Waals surface area contributed by atoms with Crippen molar-refractivity contribution in [2.24, 2.45) is 0 Å². The molecule has 1 aliphatic rings. The normalized spacial score (nSPS) is 14.5. The SMILES string of the molecule is COc1cccc(-c2cc(CNCCN3CCN(c4cccc(Cl)c4)CC3)on2)c1OC. The molecule has 7 nitrogen and oxygen atoms in total. The third-order valence-electron chi connectivity index (χ3n) is 5.69. The fourth-order valence-corrected chi connectivity index (χ4v) is 4.15. The van der Waals surface area contributed by atoms with Gasteiger partial charge in [-0.2, -0.15) is 0 Å². The molecule has 0 spiro atoms. The standard InChI is InChI=1S/C24H29ClN4O3/c1-30-23-8-4-7-21(24(23)31-2)22-16-20(32-27-22)17-26-9-10-28-11-13-29(14-12-28)19-6-3-5-18(25)15-19/h3-8,15-16,26H,9-14,17H2,1-2H3. The van der Waals surface area contributed by atoms with Crippen molar-refractivity contribution < 1.29 is 14.0 Å². The minimum absolute atomic E-state index is 0.627. The van der Waals surface area contributed by atoms with Gasteiger partial charge in [-0.25, -0.2) is 0 Å². The Bertz CT molecular complexity index is 1020. The molecule has 2 aromatic carbocycles.